The van der Waals surface area contributed by atoms with Crippen LogP contribution < -0.4 is 10.1 Å². The maximum Gasteiger partial charge on any atom is 0.322 e. The summed E-state index contributed by atoms with van der Waals surface area (Å²) in [5.41, 5.74) is 1.46. The smallest absolute Gasteiger partial charge is 0.322 e. The van der Waals surface area contributed by atoms with Crippen molar-refractivity contribution >= 4 is 22.6 Å². The van der Waals surface area contributed by atoms with Crippen LogP contribution in [0.2, 0.25) is 0 Å². The van der Waals surface area contributed by atoms with Crippen LogP contribution in [0.4, 0.5) is 0 Å². The summed E-state index contributed by atoms with van der Waals surface area (Å²) in [4.78, 5) is 26.8. The summed E-state index contributed by atoms with van der Waals surface area (Å²) < 4.78 is 6.05. The molecule has 0 unspecified atom stereocenters. The fourth-order valence-electron chi connectivity index (χ4n) is 3.08. The summed E-state index contributed by atoms with van der Waals surface area (Å²) in [6, 6.07) is 12.5. The van der Waals surface area contributed by atoms with Gasteiger partial charge < -0.3 is 20.3 Å². The Hall–Kier alpha value is -4.12. The van der Waals surface area contributed by atoms with Crippen molar-refractivity contribution in [2.24, 2.45) is 0 Å². The first kappa shape index (κ1) is 20.6. The number of nitrogens with one attached hydrogen (secondary N) is 1. The molecule has 2 aromatic carbocycles. The largest absolute Gasteiger partial charge is 0.505 e. The number of aryl methyl sites for hydroxylation is 2. The molecule has 8 heteroatoms. The molecule has 3 aromatic rings. The van der Waals surface area contributed by atoms with Crippen molar-refractivity contribution < 1.29 is 24.5 Å². The maximum atomic E-state index is 12.2. The van der Waals surface area contributed by atoms with Gasteiger partial charge in [-0.2, -0.15) is 5.26 Å². The van der Waals surface area contributed by atoms with Crippen LogP contribution in [0.15, 0.2) is 36.4 Å². The predicted octanol–water partition coefficient (Wildman–Crippen LogP) is 3.29. The van der Waals surface area contributed by atoms with Crippen molar-refractivity contribution in [2.45, 2.75) is 20.3 Å². The summed E-state index contributed by atoms with van der Waals surface area (Å²) in [7, 11) is 0. The molecular formula is C22H19N3O5. The Balaban J connectivity index is 2.09. The summed E-state index contributed by atoms with van der Waals surface area (Å²) in [6.07, 6.45) is 0.770. The number of fused-ring (bicyclic) bond motifs is 1. The van der Waals surface area contributed by atoms with Crippen LogP contribution in [-0.2, 0) is 11.2 Å². The third-order valence-corrected chi connectivity index (χ3v) is 4.56. The topological polar surface area (TPSA) is 133 Å². The van der Waals surface area contributed by atoms with Gasteiger partial charge in [0.25, 0.3) is 5.91 Å². The first-order chi connectivity index (χ1) is 14.3. The number of aromatic hydroxyl groups is 1. The highest BCUT2D eigenvalue weighted by atomic mass is 16.5. The number of carbonyl (C=O) groups is 2. The predicted molar refractivity (Wildman–Crippen MR) is 109 cm³/mol. The second kappa shape index (κ2) is 8.49. The SMILES string of the molecule is CCc1cccc(C)c1Oc1ccc2c(C#N)nc(C(=O)NCC(=O)O)c(O)c2c1. The standard InChI is InChI=1S/C22H19N3O5/c1-3-13-6-4-5-12(2)21(13)30-14-7-8-15-16(9-14)20(28)19(25-17(15)10-23)22(29)24-11-18(26)27/h4-9,28H,3,11H2,1-2H3,(H,24,29)(H,26,27). The van der Waals surface area contributed by atoms with Gasteiger partial charge in [-0.25, -0.2) is 4.98 Å². The fourth-order valence-corrected chi connectivity index (χ4v) is 3.08. The lowest BCUT2D eigenvalue weighted by molar-refractivity contribution is -0.135. The minimum Gasteiger partial charge on any atom is -0.505 e. The number of amides is 1. The molecule has 0 aliphatic rings. The highest BCUT2D eigenvalue weighted by Gasteiger charge is 2.20. The number of aromatic nitrogens is 1. The van der Waals surface area contributed by atoms with E-state index in [0.29, 0.717) is 16.9 Å². The van der Waals surface area contributed by atoms with Crippen molar-refractivity contribution in [3.05, 3.63) is 58.9 Å². The van der Waals surface area contributed by atoms with Gasteiger partial charge in [0.1, 0.15) is 29.8 Å². The van der Waals surface area contributed by atoms with Crippen LogP contribution in [0, 0.1) is 18.3 Å². The molecule has 30 heavy (non-hydrogen) atoms. The molecule has 1 aromatic heterocycles. The van der Waals surface area contributed by atoms with E-state index in [0.717, 1.165) is 17.5 Å². The number of nitrogens with zero attached hydrogens (tertiary/aromatic N) is 2. The minimum absolute atomic E-state index is 0.0695. The number of ether oxygens (including phenoxy) is 1. The molecule has 0 saturated heterocycles. The number of aliphatic carboxylic acids is 1. The van der Waals surface area contributed by atoms with Gasteiger partial charge in [0, 0.05) is 10.8 Å². The molecule has 0 aliphatic heterocycles. The molecular weight excluding hydrogens is 386 g/mol. The summed E-state index contributed by atoms with van der Waals surface area (Å²) >= 11 is 0. The van der Waals surface area contributed by atoms with E-state index in [1.807, 2.05) is 38.1 Å². The summed E-state index contributed by atoms with van der Waals surface area (Å²) in [6.45, 7) is 3.30. The molecule has 1 amide bonds. The van der Waals surface area contributed by atoms with Gasteiger partial charge in [0.2, 0.25) is 0 Å². The van der Waals surface area contributed by atoms with Crippen LogP contribution in [-0.4, -0.2) is 33.6 Å². The van der Waals surface area contributed by atoms with Crippen molar-refractivity contribution in [3.63, 3.8) is 0 Å². The first-order valence-corrected chi connectivity index (χ1v) is 9.18. The zero-order valence-electron chi connectivity index (χ0n) is 16.4. The minimum atomic E-state index is -1.25. The lowest BCUT2D eigenvalue weighted by Crippen LogP contribution is -2.30. The van der Waals surface area contributed by atoms with E-state index in [1.54, 1.807) is 12.1 Å². The third kappa shape index (κ3) is 4.00. The average molecular weight is 405 g/mol. The van der Waals surface area contributed by atoms with Crippen molar-refractivity contribution in [1.82, 2.24) is 10.3 Å². The maximum absolute atomic E-state index is 12.2. The number of carboxylic acid groups (broad SMARTS) is 1. The lowest BCUT2D eigenvalue weighted by Gasteiger charge is -2.14. The van der Waals surface area contributed by atoms with Crippen molar-refractivity contribution in [1.29, 1.82) is 5.26 Å². The summed E-state index contributed by atoms with van der Waals surface area (Å²) in [5, 5.41) is 31.4. The van der Waals surface area contributed by atoms with E-state index in [2.05, 4.69) is 10.3 Å². The Morgan fingerprint density at radius 2 is 2.00 bits per heavy atom. The molecule has 3 rings (SSSR count). The van der Waals surface area contributed by atoms with Gasteiger partial charge in [-0.05, 0) is 42.7 Å². The Morgan fingerprint density at radius 3 is 2.67 bits per heavy atom. The second-order valence-electron chi connectivity index (χ2n) is 6.57. The molecule has 0 aliphatic carbocycles. The zero-order valence-corrected chi connectivity index (χ0v) is 16.4. The molecule has 1 heterocycles. The zero-order chi connectivity index (χ0) is 21.8. The van der Waals surface area contributed by atoms with E-state index in [-0.39, 0.29) is 11.1 Å². The number of pyridine rings is 1. The molecule has 152 valence electrons. The molecule has 0 radical (unpaired) electrons. The molecule has 0 bridgehead atoms. The highest BCUT2D eigenvalue weighted by molar-refractivity contribution is 6.04. The number of hydrogen-bond donors (Lipinski definition) is 3. The van der Waals surface area contributed by atoms with Crippen molar-refractivity contribution in [3.8, 4) is 23.3 Å². The van der Waals surface area contributed by atoms with Crippen LogP contribution in [0.25, 0.3) is 10.8 Å². The van der Waals surface area contributed by atoms with E-state index >= 15 is 0 Å². The number of carboxylic acids is 1. The molecule has 3 N–H and O–H groups in total. The number of carbonyl (C=O) groups excluding carboxylic acids is 1. The third-order valence-electron chi connectivity index (χ3n) is 4.56. The Morgan fingerprint density at radius 1 is 1.23 bits per heavy atom. The number of hydrogen-bond acceptors (Lipinski definition) is 6. The van der Waals surface area contributed by atoms with Crippen LogP contribution in [0.3, 0.4) is 0 Å². The lowest BCUT2D eigenvalue weighted by atomic mass is 10.1. The van der Waals surface area contributed by atoms with E-state index < -0.39 is 29.9 Å². The quantitative estimate of drug-likeness (QED) is 0.573. The highest BCUT2D eigenvalue weighted by Crippen LogP contribution is 2.35. The average Bonchev–Trinajstić information content (AvgIpc) is 2.74. The number of nitriles is 1. The van der Waals surface area contributed by atoms with Crippen LogP contribution >= 0.6 is 0 Å². The van der Waals surface area contributed by atoms with E-state index in [9.17, 15) is 20.0 Å². The van der Waals surface area contributed by atoms with Gasteiger partial charge >= 0.3 is 5.97 Å². The Bertz CT molecular complexity index is 1200. The van der Waals surface area contributed by atoms with Crippen LogP contribution in [0.1, 0.15) is 34.2 Å². The molecule has 0 spiro atoms. The molecule has 0 fully saturated rings. The summed E-state index contributed by atoms with van der Waals surface area (Å²) in [5.74, 6) is -1.49. The van der Waals surface area contributed by atoms with Gasteiger partial charge in [-0.15, -0.1) is 0 Å². The number of rotatable bonds is 6. The van der Waals surface area contributed by atoms with Crippen molar-refractivity contribution in [2.75, 3.05) is 6.54 Å². The monoisotopic (exact) mass is 405 g/mol. The van der Waals surface area contributed by atoms with E-state index in [4.69, 9.17) is 9.84 Å². The van der Waals surface area contributed by atoms with Gasteiger partial charge in [0.15, 0.2) is 11.4 Å². The first-order valence-electron chi connectivity index (χ1n) is 9.18. The van der Waals surface area contributed by atoms with Crippen LogP contribution in [0.5, 0.6) is 17.2 Å². The Kier molecular flexibility index (Phi) is 5.83. The fraction of sp³-hybridized carbons (Fsp3) is 0.182. The Labute approximate surface area is 172 Å². The number of benzene rings is 2. The van der Waals surface area contributed by atoms with Gasteiger partial charge in [0.05, 0.1) is 0 Å². The van der Waals surface area contributed by atoms with Gasteiger partial charge in [-0.3, -0.25) is 9.59 Å². The molecule has 0 saturated carbocycles. The van der Waals surface area contributed by atoms with E-state index in [1.165, 1.54) is 6.07 Å². The molecule has 8 nitrogen and oxygen atoms in total. The van der Waals surface area contributed by atoms with Gasteiger partial charge in [-0.1, -0.05) is 25.1 Å². The molecule has 0 atom stereocenters. The number of para-hydroxylation sites is 1. The normalized spacial score (nSPS) is 10.4. The second-order valence-corrected chi connectivity index (χ2v) is 6.57.